The molecule has 2 heterocycles. The number of nitrogens with two attached hydrogens (primary N) is 1. The van der Waals surface area contributed by atoms with Gasteiger partial charge in [0.25, 0.3) is 11.9 Å². The van der Waals surface area contributed by atoms with Crippen LogP contribution < -0.4 is 11.1 Å². The molecule has 9 heteroatoms. The molecule has 0 unspecified atom stereocenters. The summed E-state index contributed by atoms with van der Waals surface area (Å²) in [5.74, 6) is -0.0321. The van der Waals surface area contributed by atoms with Crippen LogP contribution in [0.25, 0.3) is 5.95 Å². The molecule has 0 aliphatic heterocycles. The van der Waals surface area contributed by atoms with Crippen molar-refractivity contribution in [3.63, 3.8) is 0 Å². The molecule has 0 spiro atoms. The van der Waals surface area contributed by atoms with Gasteiger partial charge in [-0.3, -0.25) is 4.79 Å². The molecule has 0 aromatic carbocycles. The number of primary amides is 1. The number of aromatic nitrogens is 5. The molecular formula is C9H10ClN7O. The van der Waals surface area contributed by atoms with Crippen molar-refractivity contribution in [1.82, 2.24) is 24.7 Å². The van der Waals surface area contributed by atoms with Crippen molar-refractivity contribution in [3.05, 3.63) is 23.2 Å². The second-order valence-corrected chi connectivity index (χ2v) is 3.63. The predicted molar refractivity (Wildman–Crippen MR) is 64.6 cm³/mol. The Labute approximate surface area is 107 Å². The highest BCUT2D eigenvalue weighted by Gasteiger charge is 2.10. The average Bonchev–Trinajstić information content (AvgIpc) is 2.78. The fourth-order valence-corrected chi connectivity index (χ4v) is 1.39. The lowest BCUT2D eigenvalue weighted by Gasteiger charge is -2.04. The van der Waals surface area contributed by atoms with Crippen LogP contribution in [-0.4, -0.2) is 37.2 Å². The van der Waals surface area contributed by atoms with Gasteiger partial charge in [0, 0.05) is 12.7 Å². The van der Waals surface area contributed by atoms with Crippen LogP contribution in [0.3, 0.4) is 0 Å². The fourth-order valence-electron chi connectivity index (χ4n) is 1.24. The smallest absolute Gasteiger partial charge is 0.256 e. The van der Waals surface area contributed by atoms with Crippen molar-refractivity contribution in [3.8, 4) is 5.95 Å². The first-order valence-corrected chi connectivity index (χ1v) is 5.48. The van der Waals surface area contributed by atoms with Crippen LogP contribution in [0.1, 0.15) is 17.3 Å². The third-order valence-corrected chi connectivity index (χ3v) is 2.17. The minimum absolute atomic E-state index is 0.0343. The van der Waals surface area contributed by atoms with Crippen LogP contribution in [0.5, 0.6) is 0 Å². The zero-order valence-corrected chi connectivity index (χ0v) is 10.2. The standard InChI is InChI=1S/C9H10ClN7O/c1-2-12-8-14-7(10)15-9(16-8)17-4-5(3-13-17)6(11)18/h3-4H,2H2,1H3,(H2,11,18)(H,12,14,15,16). The van der Waals surface area contributed by atoms with Gasteiger partial charge in [0.05, 0.1) is 11.8 Å². The maximum absolute atomic E-state index is 11.0. The van der Waals surface area contributed by atoms with Crippen LogP contribution in [0.15, 0.2) is 12.4 Å². The molecule has 2 aromatic rings. The number of carbonyl (C=O) groups excluding carboxylic acids is 1. The van der Waals surface area contributed by atoms with E-state index in [2.05, 4.69) is 25.4 Å². The zero-order valence-electron chi connectivity index (χ0n) is 9.46. The number of rotatable bonds is 4. The highest BCUT2D eigenvalue weighted by molar-refractivity contribution is 6.28. The average molecular weight is 268 g/mol. The van der Waals surface area contributed by atoms with Gasteiger partial charge in [-0.05, 0) is 18.5 Å². The lowest BCUT2D eigenvalue weighted by Crippen LogP contribution is -2.10. The Kier molecular flexibility index (Phi) is 3.38. The Morgan fingerprint density at radius 3 is 2.89 bits per heavy atom. The van der Waals surface area contributed by atoms with Gasteiger partial charge in [-0.25, -0.2) is 4.68 Å². The molecule has 0 aliphatic rings. The van der Waals surface area contributed by atoms with Crippen molar-refractivity contribution in [2.24, 2.45) is 5.73 Å². The maximum Gasteiger partial charge on any atom is 0.256 e. The second-order valence-electron chi connectivity index (χ2n) is 3.30. The van der Waals surface area contributed by atoms with Gasteiger partial charge in [-0.15, -0.1) is 0 Å². The third-order valence-electron chi connectivity index (χ3n) is 2.00. The van der Waals surface area contributed by atoms with E-state index in [4.69, 9.17) is 17.3 Å². The largest absolute Gasteiger partial charge is 0.366 e. The molecule has 0 bridgehead atoms. The summed E-state index contributed by atoms with van der Waals surface area (Å²) in [5.41, 5.74) is 5.39. The van der Waals surface area contributed by atoms with Crippen LogP contribution in [0.4, 0.5) is 5.95 Å². The molecule has 0 radical (unpaired) electrons. The van der Waals surface area contributed by atoms with E-state index in [-0.39, 0.29) is 16.8 Å². The summed E-state index contributed by atoms with van der Waals surface area (Å²) >= 11 is 5.77. The van der Waals surface area contributed by atoms with Gasteiger partial charge in [0.2, 0.25) is 11.2 Å². The topological polar surface area (TPSA) is 112 Å². The van der Waals surface area contributed by atoms with Crippen molar-refractivity contribution in [2.45, 2.75) is 6.92 Å². The number of halogens is 1. The molecule has 3 N–H and O–H groups in total. The number of carbonyl (C=O) groups is 1. The van der Waals surface area contributed by atoms with Gasteiger partial charge >= 0.3 is 0 Å². The Morgan fingerprint density at radius 1 is 1.50 bits per heavy atom. The van der Waals surface area contributed by atoms with E-state index in [1.807, 2.05) is 6.92 Å². The first-order chi connectivity index (χ1) is 8.60. The second kappa shape index (κ2) is 4.96. The molecule has 0 saturated heterocycles. The van der Waals surface area contributed by atoms with E-state index < -0.39 is 5.91 Å². The summed E-state index contributed by atoms with van der Waals surface area (Å²) in [4.78, 5) is 22.9. The zero-order chi connectivity index (χ0) is 13.1. The lowest BCUT2D eigenvalue weighted by molar-refractivity contribution is 0.100. The minimum atomic E-state index is -0.576. The van der Waals surface area contributed by atoms with E-state index >= 15 is 0 Å². The van der Waals surface area contributed by atoms with Gasteiger partial charge in [0.1, 0.15) is 0 Å². The Morgan fingerprint density at radius 2 is 2.28 bits per heavy atom. The van der Waals surface area contributed by atoms with Crippen LogP contribution in [-0.2, 0) is 0 Å². The molecule has 2 aromatic heterocycles. The molecule has 0 fully saturated rings. The summed E-state index contributed by atoms with van der Waals surface area (Å²) in [5, 5.41) is 6.87. The molecule has 0 aliphatic carbocycles. The summed E-state index contributed by atoms with van der Waals surface area (Å²) < 4.78 is 1.30. The molecule has 1 amide bonds. The molecular weight excluding hydrogens is 258 g/mol. The van der Waals surface area contributed by atoms with Gasteiger partial charge < -0.3 is 11.1 Å². The number of amides is 1. The van der Waals surface area contributed by atoms with E-state index in [1.54, 1.807) is 0 Å². The van der Waals surface area contributed by atoms with Gasteiger partial charge in [-0.1, -0.05) is 0 Å². The number of nitrogens with zero attached hydrogens (tertiary/aromatic N) is 5. The molecule has 0 atom stereocenters. The quantitative estimate of drug-likeness (QED) is 0.821. The lowest BCUT2D eigenvalue weighted by atomic mass is 10.4. The SMILES string of the molecule is CCNc1nc(Cl)nc(-n2cc(C(N)=O)cn2)n1. The molecule has 18 heavy (non-hydrogen) atoms. The van der Waals surface area contributed by atoms with Crippen molar-refractivity contribution < 1.29 is 4.79 Å². The van der Waals surface area contributed by atoms with Crippen LogP contribution >= 0.6 is 11.6 Å². The predicted octanol–water partition coefficient (Wildman–Crippen LogP) is 0.241. The highest BCUT2D eigenvalue weighted by Crippen LogP contribution is 2.09. The van der Waals surface area contributed by atoms with Crippen LogP contribution in [0.2, 0.25) is 5.28 Å². The summed E-state index contributed by atoms with van der Waals surface area (Å²) in [6.07, 6.45) is 2.75. The van der Waals surface area contributed by atoms with E-state index in [9.17, 15) is 4.79 Å². The summed E-state index contributed by atoms with van der Waals surface area (Å²) in [7, 11) is 0. The number of hydrogen-bond donors (Lipinski definition) is 2. The van der Waals surface area contributed by atoms with Crippen LogP contribution in [0, 0.1) is 0 Å². The van der Waals surface area contributed by atoms with Crippen molar-refractivity contribution in [1.29, 1.82) is 0 Å². The van der Waals surface area contributed by atoms with Gasteiger partial charge in [0.15, 0.2) is 0 Å². The number of nitrogens with one attached hydrogen (secondary N) is 1. The molecule has 94 valence electrons. The molecule has 8 nitrogen and oxygen atoms in total. The Bertz CT molecular complexity index is 582. The molecule has 0 saturated carbocycles. The van der Waals surface area contributed by atoms with Crippen molar-refractivity contribution in [2.75, 3.05) is 11.9 Å². The highest BCUT2D eigenvalue weighted by atomic mass is 35.5. The molecule has 2 rings (SSSR count). The first-order valence-electron chi connectivity index (χ1n) is 5.10. The minimum Gasteiger partial charge on any atom is -0.366 e. The van der Waals surface area contributed by atoms with Crippen molar-refractivity contribution >= 4 is 23.5 Å². The van der Waals surface area contributed by atoms with Gasteiger partial charge in [-0.2, -0.15) is 20.1 Å². The van der Waals surface area contributed by atoms with E-state index in [1.165, 1.54) is 17.1 Å². The first kappa shape index (κ1) is 12.2. The Balaban J connectivity index is 2.39. The number of anilines is 1. The summed E-state index contributed by atoms with van der Waals surface area (Å²) in [6.45, 7) is 2.54. The number of hydrogen-bond acceptors (Lipinski definition) is 6. The fraction of sp³-hybridized carbons (Fsp3) is 0.222. The van der Waals surface area contributed by atoms with E-state index in [0.717, 1.165) is 0 Å². The third kappa shape index (κ3) is 2.54. The maximum atomic E-state index is 11.0. The monoisotopic (exact) mass is 267 g/mol. The summed E-state index contributed by atoms with van der Waals surface area (Å²) in [6, 6.07) is 0. The Hall–Kier alpha value is -2.22. The van der Waals surface area contributed by atoms with E-state index in [0.29, 0.717) is 12.5 Å². The normalized spacial score (nSPS) is 10.3.